The predicted molar refractivity (Wildman–Crippen MR) is 366 cm³/mol. The van der Waals surface area contributed by atoms with Gasteiger partial charge in [-0.15, -0.1) is 0 Å². The minimum atomic E-state index is -1.62. The maximum atomic E-state index is 13.5. The van der Waals surface area contributed by atoms with Gasteiger partial charge in [0.15, 0.2) is 12.4 Å². The Morgan fingerprint density at radius 1 is 0.448 bits per heavy atom. The maximum Gasteiger partial charge on any atom is 0.306 e. The highest BCUT2D eigenvalue weighted by Crippen LogP contribution is 2.26. The Morgan fingerprint density at radius 3 is 1.21 bits per heavy atom. The molecule has 506 valence electrons. The molecule has 0 aromatic heterocycles. The van der Waals surface area contributed by atoms with Gasteiger partial charge in [-0.3, -0.25) is 9.59 Å². The zero-order valence-electron chi connectivity index (χ0n) is 56.4. The molecule has 1 heterocycles. The largest absolute Gasteiger partial charge is 0.454 e. The second-order valence-electron chi connectivity index (χ2n) is 25.3. The summed E-state index contributed by atoms with van der Waals surface area (Å²) in [5, 5.41) is 57.2. The van der Waals surface area contributed by atoms with Gasteiger partial charge in [-0.2, -0.15) is 0 Å². The van der Waals surface area contributed by atoms with Gasteiger partial charge in [-0.05, 0) is 96.3 Å². The van der Waals surface area contributed by atoms with Crippen molar-refractivity contribution in [3.8, 4) is 0 Å². The van der Waals surface area contributed by atoms with Crippen LogP contribution in [0, 0.1) is 0 Å². The highest BCUT2D eigenvalue weighted by molar-refractivity contribution is 5.80. The predicted octanol–water partition coefficient (Wildman–Crippen LogP) is 19.1. The highest BCUT2D eigenvalue weighted by atomic mass is 16.7. The van der Waals surface area contributed by atoms with Crippen molar-refractivity contribution >= 4 is 11.9 Å². The van der Waals surface area contributed by atoms with Gasteiger partial charge in [0, 0.05) is 6.42 Å². The topological polar surface area (TPSA) is 175 Å². The minimum absolute atomic E-state index is 0.122. The Kier molecular flexibility index (Phi) is 59.7. The molecule has 1 fully saturated rings. The molecule has 0 aromatic rings. The lowest BCUT2D eigenvalue weighted by molar-refractivity contribution is -0.305. The third-order valence-corrected chi connectivity index (χ3v) is 17.1. The molecule has 11 nitrogen and oxygen atoms in total. The smallest absolute Gasteiger partial charge is 0.306 e. The van der Waals surface area contributed by atoms with Gasteiger partial charge in [0.1, 0.15) is 24.4 Å². The zero-order valence-corrected chi connectivity index (χ0v) is 56.4. The lowest BCUT2D eigenvalue weighted by Gasteiger charge is -2.41. The highest BCUT2D eigenvalue weighted by Gasteiger charge is 2.47. The Hall–Kier alpha value is -2.90. The number of allylic oxidation sites excluding steroid dienone is 11. The molecule has 87 heavy (non-hydrogen) atoms. The number of amides is 1. The fourth-order valence-electron chi connectivity index (χ4n) is 11.3. The Labute approximate surface area is 534 Å². The Balaban J connectivity index is 2.52. The second-order valence-corrected chi connectivity index (χ2v) is 25.3. The molecule has 0 aliphatic carbocycles. The normalized spacial score (nSPS) is 18.6. The van der Waals surface area contributed by atoms with Crippen molar-refractivity contribution in [2.75, 3.05) is 13.2 Å². The number of aliphatic hydroxyl groups is 5. The quantitative estimate of drug-likeness (QED) is 0.0195. The summed E-state index contributed by atoms with van der Waals surface area (Å²) < 4.78 is 17.7. The summed E-state index contributed by atoms with van der Waals surface area (Å²) in [7, 11) is 0. The number of carbonyl (C=O) groups is 2. The van der Waals surface area contributed by atoms with E-state index in [1.807, 2.05) is 6.08 Å². The summed E-state index contributed by atoms with van der Waals surface area (Å²) in [6.07, 6.45) is 72.3. The summed E-state index contributed by atoms with van der Waals surface area (Å²) >= 11 is 0. The number of carbonyl (C=O) groups excluding carboxylic acids is 2. The van der Waals surface area contributed by atoms with Crippen molar-refractivity contribution in [1.82, 2.24) is 5.32 Å². The SMILES string of the molecule is CCCCC/C=C\C/C=C\C/C=C\CCCCCCCCCCCCCCCCC(=O)OC1C(OCC(NC(=O)C(O)CCCCCCCCCCCC/C=C\C/C=C\CCCCC)C(O)/C=C/CCCCCCCCCCC)OC(CO)C(O)C1O. The molecule has 0 aromatic carbocycles. The Bertz CT molecular complexity index is 1690. The van der Waals surface area contributed by atoms with Crippen LogP contribution in [-0.2, 0) is 23.8 Å². The number of nitrogens with one attached hydrogen (secondary N) is 1. The summed E-state index contributed by atoms with van der Waals surface area (Å²) in [6.45, 7) is 5.77. The number of hydrogen-bond acceptors (Lipinski definition) is 10. The van der Waals surface area contributed by atoms with E-state index in [0.29, 0.717) is 12.8 Å². The van der Waals surface area contributed by atoms with Gasteiger partial charge >= 0.3 is 5.97 Å². The number of ether oxygens (including phenoxy) is 3. The molecule has 0 spiro atoms. The van der Waals surface area contributed by atoms with E-state index in [9.17, 15) is 35.1 Å². The Morgan fingerprint density at radius 2 is 0.793 bits per heavy atom. The first-order chi connectivity index (χ1) is 42.7. The maximum absolute atomic E-state index is 13.5. The van der Waals surface area contributed by atoms with E-state index >= 15 is 0 Å². The number of esters is 1. The van der Waals surface area contributed by atoms with E-state index < -0.39 is 67.4 Å². The molecule has 8 unspecified atom stereocenters. The first kappa shape index (κ1) is 82.1. The van der Waals surface area contributed by atoms with Crippen molar-refractivity contribution < 1.29 is 49.3 Å². The summed E-state index contributed by atoms with van der Waals surface area (Å²) in [4.78, 5) is 26.7. The third-order valence-electron chi connectivity index (χ3n) is 17.1. The number of hydrogen-bond donors (Lipinski definition) is 6. The van der Waals surface area contributed by atoms with Gasteiger partial charge < -0.3 is 45.1 Å². The minimum Gasteiger partial charge on any atom is -0.454 e. The van der Waals surface area contributed by atoms with Gasteiger partial charge in [-0.25, -0.2) is 0 Å². The lowest BCUT2D eigenvalue weighted by Crippen LogP contribution is -2.61. The molecule has 1 saturated heterocycles. The lowest BCUT2D eigenvalue weighted by atomic mass is 9.99. The molecule has 1 aliphatic heterocycles. The van der Waals surface area contributed by atoms with Crippen LogP contribution in [0.2, 0.25) is 0 Å². The van der Waals surface area contributed by atoms with Gasteiger partial charge in [-0.1, -0.05) is 306 Å². The van der Waals surface area contributed by atoms with E-state index in [2.05, 4.69) is 86.8 Å². The number of rotatable bonds is 63. The molecule has 1 aliphatic rings. The third kappa shape index (κ3) is 50.4. The average molecular weight is 1220 g/mol. The standard InChI is InChI=1S/C76H137NO10/c1-4-7-10-13-16-19-22-24-26-28-30-32-33-34-35-36-37-38-40-42-44-46-49-52-55-58-61-64-71(81)87-74-73(83)72(82)70(65-78)86-76(74)85-66-67(68(79)62-59-56-53-50-47-21-18-15-12-9-6-3)77-75(84)69(80)63-60-57-54-51-48-45-43-41-39-31-29-27-25-23-20-17-14-11-8-5-2/h16-17,19-20,24-27,30,32,59,62,67-70,72-74,76,78-80,82-83H,4-15,18,21-23,28-29,31,33-58,60-61,63-66H2,1-3H3,(H,77,84)/b19-16-,20-17-,26-24-,27-25-,32-30-,62-59+. The molecule has 6 N–H and O–H groups in total. The number of aliphatic hydroxyl groups excluding tert-OH is 5. The van der Waals surface area contributed by atoms with Crippen molar-refractivity contribution in [2.45, 2.75) is 384 Å². The van der Waals surface area contributed by atoms with E-state index in [-0.39, 0.29) is 19.4 Å². The van der Waals surface area contributed by atoms with Crippen LogP contribution in [0.5, 0.6) is 0 Å². The van der Waals surface area contributed by atoms with Crippen molar-refractivity contribution in [1.29, 1.82) is 0 Å². The first-order valence-electron chi connectivity index (χ1n) is 36.7. The van der Waals surface area contributed by atoms with E-state index in [4.69, 9.17) is 14.2 Å². The fourth-order valence-corrected chi connectivity index (χ4v) is 11.3. The monoisotopic (exact) mass is 1220 g/mol. The zero-order chi connectivity index (χ0) is 63.1. The summed E-state index contributed by atoms with van der Waals surface area (Å²) in [5.41, 5.74) is 0. The van der Waals surface area contributed by atoms with Crippen LogP contribution < -0.4 is 5.32 Å². The fraction of sp³-hybridized carbons (Fsp3) is 0.816. The molecule has 0 radical (unpaired) electrons. The van der Waals surface area contributed by atoms with Crippen LogP contribution in [-0.4, -0.2) is 99.6 Å². The van der Waals surface area contributed by atoms with Crippen LogP contribution in [0.3, 0.4) is 0 Å². The molecule has 1 rings (SSSR count). The van der Waals surface area contributed by atoms with E-state index in [1.165, 1.54) is 205 Å². The molecule has 8 atom stereocenters. The summed E-state index contributed by atoms with van der Waals surface area (Å²) in [6, 6.07) is -1.03. The van der Waals surface area contributed by atoms with Gasteiger partial charge in [0.25, 0.3) is 0 Å². The van der Waals surface area contributed by atoms with Gasteiger partial charge in [0.05, 0.1) is 25.4 Å². The molecular weight excluding hydrogens is 1090 g/mol. The van der Waals surface area contributed by atoms with Crippen LogP contribution in [0.1, 0.15) is 335 Å². The van der Waals surface area contributed by atoms with Crippen LogP contribution in [0.25, 0.3) is 0 Å². The van der Waals surface area contributed by atoms with Gasteiger partial charge in [0.2, 0.25) is 5.91 Å². The van der Waals surface area contributed by atoms with Crippen molar-refractivity contribution in [2.24, 2.45) is 0 Å². The van der Waals surface area contributed by atoms with Crippen LogP contribution >= 0.6 is 0 Å². The molecule has 0 saturated carbocycles. The van der Waals surface area contributed by atoms with Crippen molar-refractivity contribution in [3.05, 3.63) is 72.9 Å². The van der Waals surface area contributed by atoms with Crippen LogP contribution in [0.4, 0.5) is 0 Å². The molecule has 11 heteroatoms. The van der Waals surface area contributed by atoms with Crippen molar-refractivity contribution in [3.63, 3.8) is 0 Å². The van der Waals surface area contributed by atoms with E-state index in [1.54, 1.807) is 6.08 Å². The number of unbranched alkanes of at least 4 members (excludes halogenated alkanes) is 39. The first-order valence-corrected chi connectivity index (χ1v) is 36.7. The average Bonchev–Trinajstić information content (AvgIpc) is 2.93. The van der Waals surface area contributed by atoms with E-state index in [0.717, 1.165) is 83.5 Å². The second kappa shape index (κ2) is 63.3. The molecule has 1 amide bonds. The molecule has 0 bridgehead atoms. The molecular formula is C76H137NO10. The summed E-state index contributed by atoms with van der Waals surface area (Å²) in [5.74, 6) is -1.19. The van der Waals surface area contributed by atoms with Crippen LogP contribution in [0.15, 0.2) is 72.9 Å².